The molecule has 1 N–H and O–H groups in total. The predicted molar refractivity (Wildman–Crippen MR) is 124 cm³/mol. The fourth-order valence-corrected chi connectivity index (χ4v) is 3.37. The highest BCUT2D eigenvalue weighted by atomic mass is 35.5. The fourth-order valence-electron chi connectivity index (χ4n) is 3.16. The van der Waals surface area contributed by atoms with Gasteiger partial charge in [0.15, 0.2) is 0 Å². The van der Waals surface area contributed by atoms with E-state index in [1.54, 1.807) is 50.2 Å². The Morgan fingerprint density at radius 2 is 2.03 bits per heavy atom. The predicted octanol–water partition coefficient (Wildman–Crippen LogP) is 6.01. The minimum Gasteiger partial charge on any atom is -0.460 e. The van der Waals surface area contributed by atoms with Crippen molar-refractivity contribution in [2.24, 2.45) is 0 Å². The van der Waals surface area contributed by atoms with E-state index in [1.165, 1.54) is 0 Å². The Morgan fingerprint density at radius 1 is 1.30 bits per heavy atom. The van der Waals surface area contributed by atoms with Gasteiger partial charge in [-0.3, -0.25) is 4.79 Å². The van der Waals surface area contributed by atoms with Gasteiger partial charge in [-0.05, 0) is 56.2 Å². The summed E-state index contributed by atoms with van der Waals surface area (Å²) in [6, 6.07) is 11.5. The van der Waals surface area contributed by atoms with Gasteiger partial charge in [0, 0.05) is 17.7 Å². The van der Waals surface area contributed by atoms with Gasteiger partial charge < -0.3 is 14.5 Å². The second-order valence-electron chi connectivity index (χ2n) is 7.38. The van der Waals surface area contributed by atoms with Gasteiger partial charge in [0.2, 0.25) is 17.5 Å². The van der Waals surface area contributed by atoms with Gasteiger partial charge in [-0.1, -0.05) is 24.6 Å². The molecule has 3 aromatic rings. The molecule has 9 heteroatoms. The van der Waals surface area contributed by atoms with Crippen LogP contribution in [0.25, 0.3) is 16.3 Å². The van der Waals surface area contributed by atoms with Gasteiger partial charge >= 0.3 is 5.97 Å². The molecule has 1 aromatic heterocycles. The highest BCUT2D eigenvalue weighted by molar-refractivity contribution is 6.34. The molecule has 0 spiro atoms. The third-order valence-corrected chi connectivity index (χ3v) is 5.48. The molecule has 0 unspecified atom stereocenters. The van der Waals surface area contributed by atoms with E-state index in [0.29, 0.717) is 45.9 Å². The molecule has 0 bridgehead atoms. The summed E-state index contributed by atoms with van der Waals surface area (Å²) in [6.07, 6.45) is 0.318. The Kier molecular flexibility index (Phi) is 7.66. The van der Waals surface area contributed by atoms with E-state index in [2.05, 4.69) is 26.4 Å². The number of rotatable bonds is 8. The van der Waals surface area contributed by atoms with Gasteiger partial charge in [-0.15, -0.1) is 10.2 Å². The minimum absolute atomic E-state index is 0.218. The van der Waals surface area contributed by atoms with Crippen LogP contribution in [-0.2, 0) is 9.53 Å². The molecule has 0 aliphatic heterocycles. The zero-order chi connectivity index (χ0) is 24.0. The molecular weight excluding hydrogens is 442 g/mol. The van der Waals surface area contributed by atoms with Gasteiger partial charge in [-0.2, -0.15) is 5.26 Å². The number of hydrogen-bond donors (Lipinski definition) is 1. The summed E-state index contributed by atoms with van der Waals surface area (Å²) < 4.78 is 11.5. The highest BCUT2D eigenvalue weighted by Crippen LogP contribution is 2.35. The Morgan fingerprint density at radius 3 is 2.67 bits per heavy atom. The number of hydrogen-bond acceptors (Lipinski definition) is 7. The average molecular weight is 464 g/mol. The van der Waals surface area contributed by atoms with E-state index < -0.39 is 12.1 Å². The van der Waals surface area contributed by atoms with Gasteiger partial charge in [0.1, 0.15) is 12.1 Å². The number of nitriles is 1. The molecule has 0 saturated heterocycles. The molecular formula is C24H22ClN5O3. The molecule has 0 aliphatic carbocycles. The van der Waals surface area contributed by atoms with E-state index in [-0.39, 0.29) is 17.8 Å². The molecule has 0 aliphatic rings. The summed E-state index contributed by atoms with van der Waals surface area (Å²) in [5.41, 5.74) is 2.84. The van der Waals surface area contributed by atoms with Crippen LogP contribution in [0.1, 0.15) is 49.7 Å². The number of aromatic nitrogens is 2. The lowest BCUT2D eigenvalue weighted by molar-refractivity contribution is -0.149. The summed E-state index contributed by atoms with van der Waals surface area (Å²) in [5.74, 6) is 0.157. The molecule has 33 heavy (non-hydrogen) atoms. The topological polar surface area (TPSA) is 105 Å². The maximum Gasteiger partial charge on any atom is 0.306 e. The van der Waals surface area contributed by atoms with Crippen LogP contribution in [-0.4, -0.2) is 22.3 Å². The maximum atomic E-state index is 12.1. The van der Waals surface area contributed by atoms with Crippen molar-refractivity contribution in [2.45, 2.75) is 45.8 Å². The molecule has 168 valence electrons. The molecule has 3 rings (SSSR count). The number of carbonyl (C=O) groups is 1. The summed E-state index contributed by atoms with van der Waals surface area (Å²) in [6.45, 7) is 12.7. The summed E-state index contributed by atoms with van der Waals surface area (Å²) in [4.78, 5) is 15.5. The molecule has 2 aromatic carbocycles. The second kappa shape index (κ2) is 10.6. The first-order valence-corrected chi connectivity index (χ1v) is 10.7. The molecule has 0 saturated carbocycles. The lowest BCUT2D eigenvalue weighted by atomic mass is 10.1. The number of ether oxygens (including phenoxy) is 1. The van der Waals surface area contributed by atoms with Crippen molar-refractivity contribution in [3.8, 4) is 17.5 Å². The van der Waals surface area contributed by atoms with Gasteiger partial charge in [0.25, 0.3) is 0 Å². The molecule has 8 nitrogen and oxygen atoms in total. The third kappa shape index (κ3) is 5.49. The maximum absolute atomic E-state index is 12.1. The normalized spacial score (nSPS) is 12.3. The Hall–Kier alpha value is -3.88. The van der Waals surface area contributed by atoms with Gasteiger partial charge in [0.05, 0.1) is 23.2 Å². The first kappa shape index (κ1) is 23.8. The standard InChI is InChI=1S/C24H22ClN5O3/c1-5-6-20(31)32-15(3)22(28-18-11-12-19(27-4)21(25)14(18)2)24-30-29-23(33-24)17-9-7-16(13-26)8-10-17/h7-12,15,22,28H,5-6H2,1-3H3/t15-,22+/m0/s1. The Labute approximate surface area is 197 Å². The lowest BCUT2D eigenvalue weighted by Crippen LogP contribution is -2.28. The van der Waals surface area contributed by atoms with E-state index in [0.717, 1.165) is 0 Å². The van der Waals surface area contributed by atoms with Crippen molar-refractivity contribution in [2.75, 3.05) is 5.32 Å². The summed E-state index contributed by atoms with van der Waals surface area (Å²) >= 11 is 6.33. The minimum atomic E-state index is -0.668. The molecule has 2 atom stereocenters. The zero-order valence-electron chi connectivity index (χ0n) is 18.4. The van der Waals surface area contributed by atoms with Crippen LogP contribution < -0.4 is 5.32 Å². The quantitative estimate of drug-likeness (QED) is 0.322. The van der Waals surface area contributed by atoms with Crippen molar-refractivity contribution >= 4 is 28.9 Å². The van der Waals surface area contributed by atoms with E-state index >= 15 is 0 Å². The summed E-state index contributed by atoms with van der Waals surface area (Å²) in [5, 5.41) is 20.9. The number of nitrogens with one attached hydrogen (secondary N) is 1. The van der Waals surface area contributed by atoms with Crippen LogP contribution in [0.3, 0.4) is 0 Å². The average Bonchev–Trinajstić information content (AvgIpc) is 3.30. The van der Waals surface area contributed by atoms with E-state index in [4.69, 9.17) is 32.6 Å². The number of benzene rings is 2. The lowest BCUT2D eigenvalue weighted by Gasteiger charge is -2.24. The largest absolute Gasteiger partial charge is 0.460 e. The highest BCUT2D eigenvalue weighted by Gasteiger charge is 2.29. The van der Waals surface area contributed by atoms with Crippen LogP contribution in [0.15, 0.2) is 40.8 Å². The third-order valence-electron chi connectivity index (χ3n) is 5.01. The van der Waals surface area contributed by atoms with E-state index in [1.807, 2.05) is 6.92 Å². The van der Waals surface area contributed by atoms with E-state index in [9.17, 15) is 4.79 Å². The molecule has 0 amide bonds. The van der Waals surface area contributed by atoms with Crippen LogP contribution in [0.2, 0.25) is 5.02 Å². The first-order chi connectivity index (χ1) is 15.9. The number of halogens is 1. The van der Waals surface area contributed by atoms with Crippen LogP contribution >= 0.6 is 11.6 Å². The van der Waals surface area contributed by atoms with Crippen LogP contribution in [0, 0.1) is 24.8 Å². The SMILES string of the molecule is [C-]#[N+]c1ccc(N[C@@H](c2nnc(-c3ccc(C#N)cc3)o2)[C@H](C)OC(=O)CCC)c(C)c1Cl. The van der Waals surface area contributed by atoms with Crippen molar-refractivity contribution in [3.63, 3.8) is 0 Å². The van der Waals surface area contributed by atoms with Crippen molar-refractivity contribution in [3.05, 3.63) is 69.9 Å². The number of carbonyl (C=O) groups excluding carboxylic acids is 1. The molecule has 0 radical (unpaired) electrons. The zero-order valence-corrected chi connectivity index (χ0v) is 19.2. The second-order valence-corrected chi connectivity index (χ2v) is 7.76. The van der Waals surface area contributed by atoms with Crippen LogP contribution in [0.5, 0.6) is 0 Å². The number of nitrogens with zero attached hydrogens (tertiary/aromatic N) is 4. The first-order valence-electron chi connectivity index (χ1n) is 10.3. The van der Waals surface area contributed by atoms with Crippen molar-refractivity contribution in [1.29, 1.82) is 5.26 Å². The molecule has 1 heterocycles. The molecule has 0 fully saturated rings. The fraction of sp³-hybridized carbons (Fsp3) is 0.292. The number of anilines is 1. The van der Waals surface area contributed by atoms with Crippen LogP contribution in [0.4, 0.5) is 11.4 Å². The smallest absolute Gasteiger partial charge is 0.306 e. The summed E-state index contributed by atoms with van der Waals surface area (Å²) in [7, 11) is 0. The Balaban J connectivity index is 1.95. The van der Waals surface area contributed by atoms with Crippen molar-refractivity contribution < 1.29 is 13.9 Å². The van der Waals surface area contributed by atoms with Crippen molar-refractivity contribution in [1.82, 2.24) is 10.2 Å². The Bertz CT molecular complexity index is 1220. The monoisotopic (exact) mass is 463 g/mol. The number of esters is 1. The van der Waals surface area contributed by atoms with Gasteiger partial charge in [-0.25, -0.2) is 4.85 Å².